The number of hydrogen-bond donors (Lipinski definition) is 0. The minimum atomic E-state index is -0.524. The van der Waals surface area contributed by atoms with E-state index in [4.69, 9.17) is 0 Å². The van der Waals surface area contributed by atoms with Crippen LogP contribution < -0.4 is 0 Å². The Balaban J connectivity index is 1.11. The first-order chi connectivity index (χ1) is 33.7. The van der Waals surface area contributed by atoms with Crippen molar-refractivity contribution in [2.45, 2.75) is 5.41 Å². The fourth-order valence-electron chi connectivity index (χ4n) is 11.9. The maximum absolute atomic E-state index is 2.61. The first-order valence-corrected chi connectivity index (χ1v) is 23.7. The summed E-state index contributed by atoms with van der Waals surface area (Å²) in [5, 5.41) is 2.50. The molecule has 1 nitrogen and oxygen atoms in total. The standard InChI is InChI=1S/C67H43N/c1-4-19-44(20-5-1)47-25-18-26-48(37-47)52-41-53(51-39-49(45-21-6-2-7-22-45)38-50(40-51)46-23-8-3-9-24-46)43-54(42-52)68-64-34-17-13-30-58(64)60-36-35-59-57-29-12-16-33-63(57)67(65(59)66(60)68)61-31-14-10-27-55(61)56-28-11-15-32-62(56)67/h1-43H. The molecule has 11 aromatic carbocycles. The molecule has 1 spiro atoms. The van der Waals surface area contributed by atoms with Crippen LogP contribution in [-0.4, -0.2) is 4.57 Å². The molecule has 2 aliphatic rings. The Morgan fingerprint density at radius 3 is 1.19 bits per heavy atom. The number of aromatic nitrogens is 1. The molecule has 0 atom stereocenters. The Morgan fingerprint density at radius 1 is 0.250 bits per heavy atom. The molecule has 1 aromatic heterocycles. The van der Waals surface area contributed by atoms with Crippen LogP contribution in [0, 0.1) is 0 Å². The first kappa shape index (κ1) is 38.5. The van der Waals surface area contributed by atoms with E-state index in [1.807, 2.05) is 0 Å². The van der Waals surface area contributed by atoms with Crippen LogP contribution in [0.25, 0.3) is 105 Å². The van der Waals surface area contributed by atoms with Gasteiger partial charge in [0.25, 0.3) is 0 Å². The van der Waals surface area contributed by atoms with E-state index in [2.05, 4.69) is 265 Å². The van der Waals surface area contributed by atoms with Crippen LogP contribution in [0.2, 0.25) is 0 Å². The second-order valence-corrected chi connectivity index (χ2v) is 18.4. The lowest BCUT2D eigenvalue weighted by Gasteiger charge is -2.31. The van der Waals surface area contributed by atoms with E-state index in [1.165, 1.54) is 111 Å². The number of hydrogen-bond acceptors (Lipinski definition) is 0. The average molecular weight is 862 g/mol. The number of benzene rings is 11. The summed E-state index contributed by atoms with van der Waals surface area (Å²) < 4.78 is 2.61. The maximum Gasteiger partial charge on any atom is 0.0746 e. The van der Waals surface area contributed by atoms with Crippen LogP contribution in [0.5, 0.6) is 0 Å². The summed E-state index contributed by atoms with van der Waals surface area (Å²) >= 11 is 0. The molecular weight excluding hydrogens is 819 g/mol. The molecule has 1 heterocycles. The van der Waals surface area contributed by atoms with E-state index in [-0.39, 0.29) is 0 Å². The quantitative estimate of drug-likeness (QED) is 0.157. The average Bonchev–Trinajstić information content (AvgIpc) is 4.03. The van der Waals surface area contributed by atoms with Gasteiger partial charge in [0.2, 0.25) is 0 Å². The lowest BCUT2D eigenvalue weighted by molar-refractivity contribution is 0.797. The van der Waals surface area contributed by atoms with Crippen LogP contribution >= 0.6 is 0 Å². The van der Waals surface area contributed by atoms with Crippen molar-refractivity contribution < 1.29 is 0 Å². The predicted molar refractivity (Wildman–Crippen MR) is 284 cm³/mol. The molecule has 0 saturated heterocycles. The summed E-state index contributed by atoms with van der Waals surface area (Å²) in [4.78, 5) is 0. The summed E-state index contributed by atoms with van der Waals surface area (Å²) in [7, 11) is 0. The third kappa shape index (κ3) is 5.69. The number of nitrogens with zero attached hydrogens (tertiary/aromatic N) is 1. The van der Waals surface area contributed by atoms with E-state index in [1.54, 1.807) is 0 Å². The van der Waals surface area contributed by atoms with Gasteiger partial charge in [0.15, 0.2) is 0 Å². The van der Waals surface area contributed by atoms with Crippen molar-refractivity contribution in [2.24, 2.45) is 0 Å². The second kappa shape index (κ2) is 15.1. The predicted octanol–water partition coefficient (Wildman–Crippen LogP) is 17.5. The molecule has 1 heteroatoms. The number of para-hydroxylation sites is 1. The highest BCUT2D eigenvalue weighted by atomic mass is 15.0. The fourth-order valence-corrected chi connectivity index (χ4v) is 11.9. The monoisotopic (exact) mass is 861 g/mol. The molecule has 0 amide bonds. The molecule has 0 unspecified atom stereocenters. The molecule has 12 aromatic rings. The summed E-state index contributed by atoms with van der Waals surface area (Å²) in [5.74, 6) is 0. The molecule has 0 radical (unpaired) electrons. The fraction of sp³-hybridized carbons (Fsp3) is 0.0149. The third-order valence-corrected chi connectivity index (χ3v) is 14.7. The normalized spacial score (nSPS) is 12.8. The second-order valence-electron chi connectivity index (χ2n) is 18.4. The van der Waals surface area contributed by atoms with Crippen molar-refractivity contribution in [3.63, 3.8) is 0 Å². The molecule has 0 aliphatic heterocycles. The summed E-state index contributed by atoms with van der Waals surface area (Å²) in [6.07, 6.45) is 0. The zero-order valence-electron chi connectivity index (χ0n) is 37.3. The zero-order valence-corrected chi connectivity index (χ0v) is 37.3. The van der Waals surface area contributed by atoms with Crippen LogP contribution in [-0.2, 0) is 5.41 Å². The van der Waals surface area contributed by atoms with E-state index in [0.717, 1.165) is 16.8 Å². The van der Waals surface area contributed by atoms with Crippen molar-refractivity contribution in [3.05, 3.63) is 283 Å². The molecule has 0 N–H and O–H groups in total. The van der Waals surface area contributed by atoms with Crippen molar-refractivity contribution in [2.75, 3.05) is 0 Å². The first-order valence-electron chi connectivity index (χ1n) is 23.7. The topological polar surface area (TPSA) is 4.93 Å². The number of fused-ring (bicyclic) bond motifs is 14. The van der Waals surface area contributed by atoms with Crippen LogP contribution in [0.15, 0.2) is 261 Å². The van der Waals surface area contributed by atoms with Crippen LogP contribution in [0.4, 0.5) is 0 Å². The summed E-state index contributed by atoms with van der Waals surface area (Å²) in [6, 6.07) is 97.1. The van der Waals surface area contributed by atoms with Gasteiger partial charge in [-0.05, 0) is 143 Å². The molecule has 0 bridgehead atoms. The van der Waals surface area contributed by atoms with Gasteiger partial charge in [0, 0.05) is 22.0 Å². The Morgan fingerprint density at radius 2 is 0.632 bits per heavy atom. The molecule has 0 saturated carbocycles. The van der Waals surface area contributed by atoms with Gasteiger partial charge in [-0.25, -0.2) is 0 Å². The Bertz CT molecular complexity index is 3830. The largest absolute Gasteiger partial charge is 0.309 e. The minimum Gasteiger partial charge on any atom is -0.309 e. The van der Waals surface area contributed by atoms with Gasteiger partial charge in [-0.15, -0.1) is 0 Å². The van der Waals surface area contributed by atoms with E-state index >= 15 is 0 Å². The highest BCUT2D eigenvalue weighted by Gasteiger charge is 2.53. The van der Waals surface area contributed by atoms with Crippen molar-refractivity contribution in [3.8, 4) is 83.6 Å². The molecule has 0 fully saturated rings. The molecule has 316 valence electrons. The van der Waals surface area contributed by atoms with Gasteiger partial charge >= 0.3 is 0 Å². The van der Waals surface area contributed by atoms with Crippen LogP contribution in [0.1, 0.15) is 22.3 Å². The Labute approximate surface area is 396 Å². The highest BCUT2D eigenvalue weighted by molar-refractivity contribution is 6.15. The smallest absolute Gasteiger partial charge is 0.0746 e. The number of rotatable bonds is 6. The van der Waals surface area contributed by atoms with Gasteiger partial charge in [0.1, 0.15) is 0 Å². The van der Waals surface area contributed by atoms with Gasteiger partial charge in [-0.1, -0.05) is 212 Å². The SMILES string of the molecule is c1ccc(-c2cccc(-c3cc(-c4cc(-c5ccccc5)cc(-c5ccccc5)c4)cc(-n4c5ccccc5c5ccc6c(c54)C4(c5ccccc5-c5ccccc54)c4ccccc4-6)c3)c2)cc1. The van der Waals surface area contributed by atoms with Gasteiger partial charge in [0.05, 0.1) is 16.4 Å². The highest BCUT2D eigenvalue weighted by Crippen LogP contribution is 2.64. The third-order valence-electron chi connectivity index (χ3n) is 14.7. The van der Waals surface area contributed by atoms with E-state index in [9.17, 15) is 0 Å². The minimum absolute atomic E-state index is 0.524. The lowest BCUT2D eigenvalue weighted by atomic mass is 9.70. The van der Waals surface area contributed by atoms with Gasteiger partial charge in [-0.2, -0.15) is 0 Å². The molecule has 68 heavy (non-hydrogen) atoms. The summed E-state index contributed by atoms with van der Waals surface area (Å²) in [6.45, 7) is 0. The molecule has 14 rings (SSSR count). The van der Waals surface area contributed by atoms with Crippen molar-refractivity contribution in [1.82, 2.24) is 4.57 Å². The Kier molecular flexibility index (Phi) is 8.57. The lowest BCUT2D eigenvalue weighted by Crippen LogP contribution is -2.26. The van der Waals surface area contributed by atoms with Crippen LogP contribution in [0.3, 0.4) is 0 Å². The van der Waals surface area contributed by atoms with Crippen molar-refractivity contribution >= 4 is 21.8 Å². The van der Waals surface area contributed by atoms with Gasteiger partial charge < -0.3 is 4.57 Å². The van der Waals surface area contributed by atoms with Crippen molar-refractivity contribution in [1.29, 1.82) is 0 Å². The van der Waals surface area contributed by atoms with E-state index in [0.29, 0.717) is 0 Å². The Hall–Kier alpha value is -8.78. The van der Waals surface area contributed by atoms with E-state index < -0.39 is 5.41 Å². The maximum atomic E-state index is 2.61. The zero-order chi connectivity index (χ0) is 44.8. The summed E-state index contributed by atoms with van der Waals surface area (Å²) in [5.41, 5.74) is 25.4. The molecular formula is C67H43N. The molecule has 2 aliphatic carbocycles. The van der Waals surface area contributed by atoms with Gasteiger partial charge in [-0.3, -0.25) is 0 Å².